The molecule has 1 heterocycles. The second kappa shape index (κ2) is 10.2. The molecule has 0 aliphatic heterocycles. The summed E-state index contributed by atoms with van der Waals surface area (Å²) in [5.41, 5.74) is 1.19. The largest absolute Gasteiger partial charge is 0.356 e. The van der Waals surface area contributed by atoms with Crippen molar-refractivity contribution in [1.29, 1.82) is 0 Å². The molecule has 0 unspecified atom stereocenters. The molecule has 1 atom stereocenters. The van der Waals surface area contributed by atoms with Crippen molar-refractivity contribution in [2.24, 2.45) is 17.8 Å². The van der Waals surface area contributed by atoms with Crippen LogP contribution in [0.25, 0.3) is 0 Å². The minimum atomic E-state index is 0.281. The Hall–Kier alpha value is -1.42. The first-order valence-corrected chi connectivity index (χ1v) is 11.0. The lowest BCUT2D eigenvalue weighted by atomic mass is 9.77. The van der Waals surface area contributed by atoms with E-state index in [1.54, 1.807) is 0 Å². The molecule has 2 aliphatic rings. The summed E-state index contributed by atoms with van der Waals surface area (Å²) >= 11 is 0. The summed E-state index contributed by atoms with van der Waals surface area (Å²) in [7, 11) is 4.33. The zero-order valence-electron chi connectivity index (χ0n) is 17.2. The van der Waals surface area contributed by atoms with Crippen LogP contribution in [0.1, 0.15) is 75.9 Å². The SMILES string of the molecule is CN(C)[C@H](c1ccccn1)C1CCC(CNC(=O)CC2CCCCC2)CC1. The van der Waals surface area contributed by atoms with Crippen molar-refractivity contribution in [1.82, 2.24) is 15.2 Å². The molecule has 4 nitrogen and oxygen atoms in total. The Morgan fingerprint density at radius 3 is 2.44 bits per heavy atom. The summed E-state index contributed by atoms with van der Waals surface area (Å²) in [5.74, 6) is 2.21. The van der Waals surface area contributed by atoms with Crippen LogP contribution in [0, 0.1) is 17.8 Å². The predicted molar refractivity (Wildman–Crippen MR) is 110 cm³/mol. The molecule has 0 spiro atoms. The van der Waals surface area contributed by atoms with Crippen LogP contribution in [-0.2, 0) is 4.79 Å². The highest BCUT2D eigenvalue weighted by Gasteiger charge is 2.30. The van der Waals surface area contributed by atoms with Crippen LogP contribution in [0.3, 0.4) is 0 Å². The molecule has 2 fully saturated rings. The Morgan fingerprint density at radius 1 is 1.07 bits per heavy atom. The van der Waals surface area contributed by atoms with E-state index in [0.717, 1.165) is 13.0 Å². The minimum Gasteiger partial charge on any atom is -0.356 e. The summed E-state index contributed by atoms with van der Waals surface area (Å²) < 4.78 is 0. The summed E-state index contributed by atoms with van der Waals surface area (Å²) in [6, 6.07) is 6.63. The van der Waals surface area contributed by atoms with Gasteiger partial charge in [0.1, 0.15) is 0 Å². The van der Waals surface area contributed by atoms with Crippen molar-refractivity contribution >= 4 is 5.91 Å². The molecule has 27 heavy (non-hydrogen) atoms. The van der Waals surface area contributed by atoms with E-state index in [0.29, 0.717) is 23.8 Å². The van der Waals surface area contributed by atoms with Gasteiger partial charge in [-0.1, -0.05) is 25.3 Å². The van der Waals surface area contributed by atoms with Crippen LogP contribution in [0.2, 0.25) is 0 Å². The molecule has 0 bridgehead atoms. The van der Waals surface area contributed by atoms with Gasteiger partial charge in [0.05, 0.1) is 11.7 Å². The highest BCUT2D eigenvalue weighted by atomic mass is 16.1. The molecule has 0 saturated heterocycles. The van der Waals surface area contributed by atoms with Crippen molar-refractivity contribution in [3.05, 3.63) is 30.1 Å². The molecular formula is C23H37N3O. The molecule has 2 aliphatic carbocycles. The Labute approximate surface area is 165 Å². The molecule has 150 valence electrons. The van der Waals surface area contributed by atoms with Crippen molar-refractivity contribution in [2.75, 3.05) is 20.6 Å². The number of aromatic nitrogens is 1. The number of rotatable bonds is 7. The van der Waals surface area contributed by atoms with E-state index < -0.39 is 0 Å². The van der Waals surface area contributed by atoms with Crippen LogP contribution >= 0.6 is 0 Å². The van der Waals surface area contributed by atoms with Crippen molar-refractivity contribution in [3.63, 3.8) is 0 Å². The third kappa shape index (κ3) is 6.03. The standard InChI is InChI=1S/C23H37N3O/c1-26(2)23(21-10-6-7-15-24-21)20-13-11-19(12-14-20)17-25-22(27)16-18-8-4-3-5-9-18/h6-7,10,15,18-20,23H,3-5,8-9,11-14,16-17H2,1-2H3,(H,25,27)/t19?,20?,23-/m0/s1. The van der Waals surface area contributed by atoms with E-state index in [9.17, 15) is 4.79 Å². The van der Waals surface area contributed by atoms with Gasteiger partial charge in [-0.3, -0.25) is 9.78 Å². The van der Waals surface area contributed by atoms with Gasteiger partial charge in [0, 0.05) is 19.2 Å². The van der Waals surface area contributed by atoms with Crippen LogP contribution in [0.4, 0.5) is 0 Å². The average molecular weight is 372 g/mol. The average Bonchev–Trinajstić information content (AvgIpc) is 2.69. The zero-order chi connectivity index (χ0) is 19.1. The quantitative estimate of drug-likeness (QED) is 0.763. The smallest absolute Gasteiger partial charge is 0.220 e. The molecule has 1 aromatic heterocycles. The number of nitrogens with one attached hydrogen (secondary N) is 1. The number of carbonyl (C=O) groups excluding carboxylic acids is 1. The minimum absolute atomic E-state index is 0.281. The fourth-order valence-corrected chi connectivity index (χ4v) is 5.17. The van der Waals surface area contributed by atoms with Crippen LogP contribution in [0.5, 0.6) is 0 Å². The molecular weight excluding hydrogens is 334 g/mol. The van der Waals surface area contributed by atoms with Gasteiger partial charge >= 0.3 is 0 Å². The highest BCUT2D eigenvalue weighted by Crippen LogP contribution is 2.38. The molecule has 0 aromatic carbocycles. The first-order valence-electron chi connectivity index (χ1n) is 11.0. The van der Waals surface area contributed by atoms with Crippen molar-refractivity contribution in [2.45, 2.75) is 70.3 Å². The Balaban J connectivity index is 1.42. The lowest BCUT2D eigenvalue weighted by Crippen LogP contribution is -2.35. The summed E-state index contributed by atoms with van der Waals surface area (Å²) in [4.78, 5) is 19.2. The van der Waals surface area contributed by atoms with Gasteiger partial charge < -0.3 is 10.2 Å². The monoisotopic (exact) mass is 371 g/mol. The summed E-state index contributed by atoms with van der Waals surface area (Å²) in [5, 5.41) is 3.24. The van der Waals surface area contributed by atoms with E-state index in [1.807, 2.05) is 12.3 Å². The number of pyridine rings is 1. The fraction of sp³-hybridized carbons (Fsp3) is 0.739. The maximum atomic E-state index is 12.3. The maximum absolute atomic E-state index is 12.3. The first kappa shape index (κ1) is 20.3. The van der Waals surface area contributed by atoms with Gasteiger partial charge in [0.15, 0.2) is 0 Å². The number of carbonyl (C=O) groups is 1. The Bertz CT molecular complexity index is 560. The van der Waals surface area contributed by atoms with Gasteiger partial charge in [0.25, 0.3) is 0 Å². The highest BCUT2D eigenvalue weighted by molar-refractivity contribution is 5.76. The number of hydrogen-bond acceptors (Lipinski definition) is 3. The fourth-order valence-electron chi connectivity index (χ4n) is 5.17. The Morgan fingerprint density at radius 2 is 1.81 bits per heavy atom. The van der Waals surface area contributed by atoms with Crippen molar-refractivity contribution in [3.8, 4) is 0 Å². The van der Waals surface area contributed by atoms with Crippen molar-refractivity contribution < 1.29 is 4.79 Å². The molecule has 3 rings (SSSR count). The van der Waals surface area contributed by atoms with Gasteiger partial charge in [-0.15, -0.1) is 0 Å². The Kier molecular flexibility index (Phi) is 7.69. The number of nitrogens with zero attached hydrogens (tertiary/aromatic N) is 2. The third-order valence-electron chi connectivity index (χ3n) is 6.67. The lowest BCUT2D eigenvalue weighted by molar-refractivity contribution is -0.122. The van der Waals surface area contributed by atoms with Gasteiger partial charge in [-0.05, 0) is 82.5 Å². The van der Waals surface area contributed by atoms with Gasteiger partial charge in [0.2, 0.25) is 5.91 Å². The molecule has 0 radical (unpaired) electrons. The molecule has 1 N–H and O–H groups in total. The first-order chi connectivity index (χ1) is 13.1. The van der Waals surface area contributed by atoms with Gasteiger partial charge in [-0.2, -0.15) is 0 Å². The molecule has 1 aromatic rings. The topological polar surface area (TPSA) is 45.2 Å². The lowest BCUT2D eigenvalue weighted by Gasteiger charge is -2.37. The summed E-state index contributed by atoms with van der Waals surface area (Å²) in [6.45, 7) is 0.870. The normalized spacial score (nSPS) is 25.3. The zero-order valence-corrected chi connectivity index (χ0v) is 17.2. The molecule has 1 amide bonds. The third-order valence-corrected chi connectivity index (χ3v) is 6.67. The maximum Gasteiger partial charge on any atom is 0.220 e. The van der Waals surface area contributed by atoms with Crippen LogP contribution in [0.15, 0.2) is 24.4 Å². The van der Waals surface area contributed by atoms with E-state index in [4.69, 9.17) is 0 Å². The number of hydrogen-bond donors (Lipinski definition) is 1. The second-order valence-corrected chi connectivity index (χ2v) is 8.96. The second-order valence-electron chi connectivity index (χ2n) is 8.96. The molecule has 2 saturated carbocycles. The predicted octanol–water partition coefficient (Wildman–Crippen LogP) is 4.58. The summed E-state index contributed by atoms with van der Waals surface area (Å²) in [6.07, 6.45) is 14.0. The van der Waals surface area contributed by atoms with E-state index >= 15 is 0 Å². The number of amides is 1. The van der Waals surface area contributed by atoms with E-state index in [2.05, 4.69) is 41.4 Å². The van der Waals surface area contributed by atoms with Crippen LogP contribution in [-0.4, -0.2) is 36.4 Å². The van der Waals surface area contributed by atoms with E-state index in [-0.39, 0.29) is 5.91 Å². The van der Waals surface area contributed by atoms with Gasteiger partial charge in [-0.25, -0.2) is 0 Å². The molecule has 4 heteroatoms. The van der Waals surface area contributed by atoms with E-state index in [1.165, 1.54) is 63.5 Å². The van der Waals surface area contributed by atoms with Crippen LogP contribution < -0.4 is 5.32 Å².